The fourth-order valence-corrected chi connectivity index (χ4v) is 4.32. The number of aliphatic imine (C=N–C) groups is 1. The lowest BCUT2D eigenvalue weighted by atomic mass is 10.1. The van der Waals surface area contributed by atoms with Gasteiger partial charge in [-0.2, -0.15) is 5.26 Å². The van der Waals surface area contributed by atoms with E-state index in [9.17, 15) is 14.4 Å². The van der Waals surface area contributed by atoms with Crippen molar-refractivity contribution in [1.29, 1.82) is 5.26 Å². The smallest absolute Gasteiger partial charge is 0.244 e. The molecule has 4 rings (SSSR count). The van der Waals surface area contributed by atoms with Crippen molar-refractivity contribution in [2.75, 3.05) is 11.9 Å². The van der Waals surface area contributed by atoms with Gasteiger partial charge in [-0.1, -0.05) is 42.6 Å². The molecular weight excluding hydrogens is 495 g/mol. The zero-order valence-corrected chi connectivity index (χ0v) is 20.6. The lowest BCUT2D eigenvalue weighted by Gasteiger charge is -2.17. The number of aromatic amines is 1. The number of aromatic nitrogens is 2. The van der Waals surface area contributed by atoms with E-state index in [2.05, 4.69) is 37.1 Å². The van der Waals surface area contributed by atoms with Crippen LogP contribution < -0.4 is 21.9 Å². The molecule has 3 aromatic rings. The number of carbonyl (C=O) groups excluding carboxylic acids is 1. The van der Waals surface area contributed by atoms with Gasteiger partial charge in [-0.05, 0) is 37.1 Å². The van der Waals surface area contributed by atoms with Gasteiger partial charge >= 0.3 is 0 Å². The monoisotopic (exact) mass is 520 g/mol. The van der Waals surface area contributed by atoms with Crippen LogP contribution >= 0.6 is 11.6 Å². The Hall–Kier alpha value is -4.20. The minimum absolute atomic E-state index is 0.0454. The lowest BCUT2D eigenvalue weighted by molar-refractivity contribution is -0.117. The fraction of sp³-hybridized carbons (Fsp3) is 0.231. The second kappa shape index (κ2) is 12.2. The summed E-state index contributed by atoms with van der Waals surface area (Å²) in [6.45, 7) is 0.787. The zero-order valence-electron chi connectivity index (χ0n) is 19.9. The summed E-state index contributed by atoms with van der Waals surface area (Å²) in [4.78, 5) is 24.7. The molecular formula is C26H26ClFN8O. The van der Waals surface area contributed by atoms with E-state index >= 15 is 0 Å². The molecule has 1 amide bonds. The number of fused-ring (bicyclic) bond motifs is 4. The number of amides is 1. The highest BCUT2D eigenvalue weighted by molar-refractivity contribution is 6.31. The second-order valence-corrected chi connectivity index (χ2v) is 8.80. The van der Waals surface area contributed by atoms with Gasteiger partial charge in [0, 0.05) is 29.4 Å². The molecule has 1 atom stereocenters. The summed E-state index contributed by atoms with van der Waals surface area (Å²) in [5.74, 6) is 4.54. The third-order valence-electron chi connectivity index (χ3n) is 5.95. The number of imidazole rings is 1. The number of hydrogen-bond donors (Lipinski definition) is 5. The van der Waals surface area contributed by atoms with E-state index in [1.54, 1.807) is 0 Å². The number of nitriles is 1. The molecule has 0 radical (unpaired) electrons. The normalized spacial score (nSPS) is 15.8. The minimum Gasteiger partial charge on any atom is -0.384 e. The van der Waals surface area contributed by atoms with Gasteiger partial charge in [-0.3, -0.25) is 4.79 Å². The SMILES string of the molecule is N#Cc1nc2[nH]c1-c1ccccc1NCCCCC[C@@H]2NC(=O)/C=C/c1c(N=CNN)ccc(Cl)c1F. The van der Waals surface area contributed by atoms with Crippen molar-refractivity contribution < 1.29 is 9.18 Å². The number of hydrogen-bond acceptors (Lipinski definition) is 6. The number of nitrogens with two attached hydrogens (primary N) is 1. The van der Waals surface area contributed by atoms with Crippen LogP contribution in [0.25, 0.3) is 17.3 Å². The fourth-order valence-electron chi connectivity index (χ4n) is 4.15. The first-order valence-electron chi connectivity index (χ1n) is 11.8. The van der Waals surface area contributed by atoms with Crippen LogP contribution in [0.2, 0.25) is 5.02 Å². The molecule has 37 heavy (non-hydrogen) atoms. The van der Waals surface area contributed by atoms with Gasteiger partial charge < -0.3 is 21.0 Å². The van der Waals surface area contributed by atoms with Crippen molar-refractivity contribution in [1.82, 2.24) is 20.7 Å². The summed E-state index contributed by atoms with van der Waals surface area (Å²) >= 11 is 5.92. The molecule has 1 aromatic heterocycles. The van der Waals surface area contributed by atoms with E-state index in [1.807, 2.05) is 24.3 Å². The Kier molecular flexibility index (Phi) is 8.51. The largest absolute Gasteiger partial charge is 0.384 e. The number of nitrogens with zero attached hydrogens (tertiary/aromatic N) is 3. The van der Waals surface area contributed by atoms with Crippen molar-refractivity contribution in [2.45, 2.75) is 31.7 Å². The van der Waals surface area contributed by atoms with Crippen LogP contribution in [0.1, 0.15) is 48.8 Å². The minimum atomic E-state index is -0.704. The highest BCUT2D eigenvalue weighted by atomic mass is 35.5. The van der Waals surface area contributed by atoms with Gasteiger partial charge in [0.25, 0.3) is 0 Å². The topological polar surface area (TPSA) is 144 Å². The van der Waals surface area contributed by atoms with Crippen LogP contribution in [0.3, 0.4) is 0 Å². The van der Waals surface area contributed by atoms with Crippen LogP contribution in [-0.2, 0) is 4.79 Å². The molecule has 0 saturated carbocycles. The molecule has 9 nitrogen and oxygen atoms in total. The summed E-state index contributed by atoms with van der Waals surface area (Å²) in [5.41, 5.74) is 5.12. The average molecular weight is 521 g/mol. The van der Waals surface area contributed by atoms with Crippen molar-refractivity contribution in [2.24, 2.45) is 10.8 Å². The van der Waals surface area contributed by atoms with Crippen LogP contribution in [0.5, 0.6) is 0 Å². The number of H-pyrrole nitrogens is 1. The van der Waals surface area contributed by atoms with Crippen LogP contribution in [-0.4, -0.2) is 28.8 Å². The van der Waals surface area contributed by atoms with E-state index < -0.39 is 17.8 Å². The molecule has 2 bridgehead atoms. The molecule has 1 aliphatic rings. The van der Waals surface area contributed by atoms with Gasteiger partial charge in [0.2, 0.25) is 5.91 Å². The van der Waals surface area contributed by atoms with Gasteiger partial charge in [0.15, 0.2) is 11.5 Å². The van der Waals surface area contributed by atoms with Crippen LogP contribution in [0.15, 0.2) is 47.5 Å². The number of nitrogens with one attached hydrogen (secondary N) is 4. The maximum Gasteiger partial charge on any atom is 0.244 e. The van der Waals surface area contributed by atoms with E-state index in [1.165, 1.54) is 30.6 Å². The Balaban J connectivity index is 1.63. The lowest BCUT2D eigenvalue weighted by Crippen LogP contribution is -2.28. The van der Waals surface area contributed by atoms with E-state index in [0.717, 1.165) is 37.1 Å². The van der Waals surface area contributed by atoms with Gasteiger partial charge in [0.1, 0.15) is 18.2 Å². The predicted molar refractivity (Wildman–Crippen MR) is 142 cm³/mol. The third kappa shape index (κ3) is 6.14. The summed E-state index contributed by atoms with van der Waals surface area (Å²) in [5, 5.41) is 16.0. The van der Waals surface area contributed by atoms with Gasteiger partial charge in [0.05, 0.1) is 22.4 Å². The molecule has 1 aliphatic heterocycles. The zero-order chi connectivity index (χ0) is 26.2. The molecule has 0 saturated heterocycles. The van der Waals surface area contributed by atoms with E-state index in [0.29, 0.717) is 17.9 Å². The van der Waals surface area contributed by atoms with E-state index in [4.69, 9.17) is 17.4 Å². The van der Waals surface area contributed by atoms with Crippen LogP contribution in [0, 0.1) is 17.1 Å². The number of para-hydroxylation sites is 1. The van der Waals surface area contributed by atoms with Crippen molar-refractivity contribution in [3.05, 3.63) is 70.4 Å². The van der Waals surface area contributed by atoms with Gasteiger partial charge in [-0.15, -0.1) is 0 Å². The van der Waals surface area contributed by atoms with E-state index in [-0.39, 0.29) is 22.0 Å². The first kappa shape index (κ1) is 25.9. The Morgan fingerprint density at radius 3 is 2.92 bits per heavy atom. The summed E-state index contributed by atoms with van der Waals surface area (Å²) in [7, 11) is 0. The number of halogens is 2. The third-order valence-corrected chi connectivity index (χ3v) is 6.24. The Morgan fingerprint density at radius 1 is 1.27 bits per heavy atom. The quantitative estimate of drug-likeness (QED) is 0.108. The molecule has 0 fully saturated rings. The molecule has 11 heteroatoms. The highest BCUT2D eigenvalue weighted by Gasteiger charge is 2.22. The van der Waals surface area contributed by atoms with Crippen LogP contribution in [0.4, 0.5) is 15.8 Å². The Bertz CT molecular complexity index is 1380. The number of rotatable bonds is 5. The molecule has 2 aromatic carbocycles. The summed E-state index contributed by atoms with van der Waals surface area (Å²) in [6.07, 6.45) is 7.07. The van der Waals surface area contributed by atoms with Gasteiger partial charge in [-0.25, -0.2) is 20.2 Å². The maximum atomic E-state index is 14.7. The Morgan fingerprint density at radius 2 is 2.11 bits per heavy atom. The molecule has 0 aliphatic carbocycles. The number of anilines is 1. The number of carbonyl (C=O) groups is 1. The Labute approximate surface area is 218 Å². The number of benzene rings is 2. The molecule has 0 spiro atoms. The second-order valence-electron chi connectivity index (χ2n) is 8.39. The standard InChI is InChI=1S/C26H26ClFN8O/c27-18-10-11-20(32-15-33-30)16(24(18)28)9-12-23(37)34-21-8-2-1-5-13-31-19-7-4-3-6-17(19)25-22(14-29)35-26(21)36-25/h3-4,6-7,9-12,15,21,31H,1-2,5,8,13,30H2,(H,32,33)(H,34,37)(H,35,36)/b12-9+/t21-/m0/s1. The van der Waals surface area contributed by atoms with Crippen molar-refractivity contribution in [3.8, 4) is 17.3 Å². The van der Waals surface area contributed by atoms with Crippen molar-refractivity contribution in [3.63, 3.8) is 0 Å². The maximum absolute atomic E-state index is 14.7. The highest BCUT2D eigenvalue weighted by Crippen LogP contribution is 2.32. The molecule has 6 N–H and O–H groups in total. The summed E-state index contributed by atoms with van der Waals surface area (Å²) < 4.78 is 14.7. The summed E-state index contributed by atoms with van der Waals surface area (Å²) in [6, 6.07) is 12.3. The predicted octanol–water partition coefficient (Wildman–Crippen LogP) is 4.72. The first-order chi connectivity index (χ1) is 18.0. The van der Waals surface area contributed by atoms with Crippen molar-refractivity contribution >= 4 is 41.3 Å². The first-order valence-corrected chi connectivity index (χ1v) is 12.2. The number of hydrazine groups is 1. The molecule has 0 unspecified atom stereocenters. The average Bonchev–Trinajstić information content (AvgIpc) is 3.34. The molecule has 190 valence electrons. The molecule has 2 heterocycles.